The van der Waals surface area contributed by atoms with Gasteiger partial charge in [0.2, 0.25) is 11.1 Å². The maximum Gasteiger partial charge on any atom is 0.329 e. The number of nitrogens with zero attached hydrogens (tertiary/aromatic N) is 4. The highest BCUT2D eigenvalue weighted by atomic mass is 35.5. The first-order valence-electron chi connectivity index (χ1n) is 4.08. The van der Waals surface area contributed by atoms with Gasteiger partial charge >= 0.3 is 5.69 Å². The Hall–Kier alpha value is -1.57. The van der Waals surface area contributed by atoms with Gasteiger partial charge in [-0.1, -0.05) is 0 Å². The molecule has 9 heteroatoms. The minimum absolute atomic E-state index is 0.231. The largest absolute Gasteiger partial charge is 0.348 e. The SMILES string of the molecule is CN(CC(F)F)c1nc(Cl)ncc1[N+](=O)[O-]. The molecular formula is C7H7ClF2N4O2. The van der Waals surface area contributed by atoms with Crippen LogP contribution in [0.25, 0.3) is 0 Å². The first kappa shape index (κ1) is 12.5. The second-order valence-corrected chi connectivity index (χ2v) is 3.21. The predicted molar refractivity (Wildman–Crippen MR) is 53.0 cm³/mol. The van der Waals surface area contributed by atoms with Crippen LogP contribution in [0.3, 0.4) is 0 Å². The second-order valence-electron chi connectivity index (χ2n) is 2.88. The molecule has 0 bridgehead atoms. The molecule has 1 aromatic heterocycles. The molecule has 0 unspecified atom stereocenters. The lowest BCUT2D eigenvalue weighted by Crippen LogP contribution is -2.25. The lowest BCUT2D eigenvalue weighted by atomic mass is 10.4. The summed E-state index contributed by atoms with van der Waals surface area (Å²) in [6.45, 7) is -0.672. The summed E-state index contributed by atoms with van der Waals surface area (Å²) in [4.78, 5) is 17.8. The molecule has 0 atom stereocenters. The lowest BCUT2D eigenvalue weighted by Gasteiger charge is -2.16. The fourth-order valence-corrected chi connectivity index (χ4v) is 1.18. The second kappa shape index (κ2) is 4.97. The Morgan fingerprint density at radius 3 is 2.81 bits per heavy atom. The number of anilines is 1. The van der Waals surface area contributed by atoms with Crippen LogP contribution in [0.2, 0.25) is 5.28 Å². The topological polar surface area (TPSA) is 72.2 Å². The summed E-state index contributed by atoms with van der Waals surface area (Å²) < 4.78 is 24.2. The van der Waals surface area contributed by atoms with Crippen molar-refractivity contribution in [3.8, 4) is 0 Å². The highest BCUT2D eigenvalue weighted by molar-refractivity contribution is 6.28. The van der Waals surface area contributed by atoms with Crippen molar-refractivity contribution in [2.24, 2.45) is 0 Å². The summed E-state index contributed by atoms with van der Waals surface area (Å²) in [5.41, 5.74) is -0.465. The number of hydrogen-bond donors (Lipinski definition) is 0. The van der Waals surface area contributed by atoms with Crippen molar-refractivity contribution in [1.29, 1.82) is 0 Å². The van der Waals surface area contributed by atoms with Gasteiger partial charge in [0, 0.05) is 7.05 Å². The molecule has 0 N–H and O–H groups in total. The van der Waals surface area contributed by atoms with E-state index in [2.05, 4.69) is 9.97 Å². The van der Waals surface area contributed by atoms with Crippen molar-refractivity contribution in [2.45, 2.75) is 6.43 Å². The smallest absolute Gasteiger partial charge is 0.329 e. The van der Waals surface area contributed by atoms with Gasteiger partial charge in [-0.25, -0.2) is 13.8 Å². The maximum absolute atomic E-state index is 12.1. The third kappa shape index (κ3) is 2.96. The van der Waals surface area contributed by atoms with E-state index in [9.17, 15) is 18.9 Å². The zero-order valence-electron chi connectivity index (χ0n) is 8.10. The Kier molecular flexibility index (Phi) is 3.88. The Morgan fingerprint density at radius 2 is 2.31 bits per heavy atom. The fraction of sp³-hybridized carbons (Fsp3) is 0.429. The van der Waals surface area contributed by atoms with Crippen LogP contribution in [0.5, 0.6) is 0 Å². The van der Waals surface area contributed by atoms with E-state index in [0.29, 0.717) is 0 Å². The van der Waals surface area contributed by atoms with Gasteiger partial charge in [0.15, 0.2) is 0 Å². The number of halogens is 3. The summed E-state index contributed by atoms with van der Waals surface area (Å²) in [6, 6.07) is 0. The molecule has 16 heavy (non-hydrogen) atoms. The van der Waals surface area contributed by atoms with Crippen molar-refractivity contribution in [3.63, 3.8) is 0 Å². The highest BCUT2D eigenvalue weighted by Crippen LogP contribution is 2.25. The molecule has 1 heterocycles. The zero-order chi connectivity index (χ0) is 12.3. The Morgan fingerprint density at radius 1 is 1.69 bits per heavy atom. The molecule has 88 valence electrons. The third-order valence-corrected chi connectivity index (χ3v) is 1.87. The van der Waals surface area contributed by atoms with Gasteiger partial charge in [-0.15, -0.1) is 0 Å². The molecule has 0 fully saturated rings. The van der Waals surface area contributed by atoms with Gasteiger partial charge in [0.1, 0.15) is 6.20 Å². The van der Waals surface area contributed by atoms with E-state index in [1.807, 2.05) is 0 Å². The molecule has 0 saturated heterocycles. The zero-order valence-corrected chi connectivity index (χ0v) is 8.86. The monoisotopic (exact) mass is 252 g/mol. The van der Waals surface area contributed by atoms with E-state index in [4.69, 9.17) is 11.6 Å². The molecule has 1 aromatic rings. The van der Waals surface area contributed by atoms with Gasteiger partial charge in [0.05, 0.1) is 11.5 Å². The summed E-state index contributed by atoms with van der Waals surface area (Å²) in [5, 5.41) is 10.4. The summed E-state index contributed by atoms with van der Waals surface area (Å²) in [6.07, 6.45) is -1.74. The molecule has 0 aliphatic heterocycles. The average Bonchev–Trinajstić information content (AvgIpc) is 2.15. The number of rotatable bonds is 4. The summed E-state index contributed by atoms with van der Waals surface area (Å²) in [7, 11) is 1.26. The normalized spacial score (nSPS) is 10.6. The van der Waals surface area contributed by atoms with E-state index >= 15 is 0 Å². The highest BCUT2D eigenvalue weighted by Gasteiger charge is 2.22. The van der Waals surface area contributed by atoms with Crippen LogP contribution in [-0.4, -0.2) is 34.9 Å². The fourth-order valence-electron chi connectivity index (χ4n) is 1.05. The Labute approximate surface area is 94.0 Å². The van der Waals surface area contributed by atoms with Crippen LogP contribution in [0.15, 0.2) is 6.20 Å². The van der Waals surface area contributed by atoms with Crippen LogP contribution in [-0.2, 0) is 0 Å². The van der Waals surface area contributed by atoms with Gasteiger partial charge in [-0.2, -0.15) is 4.98 Å². The number of aromatic nitrogens is 2. The minimum Gasteiger partial charge on any atom is -0.348 e. The Balaban J connectivity index is 3.09. The standard InChI is InChI=1S/C7H7ClF2N4O2/c1-13(3-5(9)10)6-4(14(15)16)2-11-7(8)12-6/h2,5H,3H2,1H3. The molecule has 0 aliphatic rings. The van der Waals surface area contributed by atoms with Crippen LogP contribution in [0, 0.1) is 10.1 Å². The molecule has 1 rings (SSSR count). The number of alkyl halides is 2. The van der Waals surface area contributed by atoms with Crippen LogP contribution < -0.4 is 4.90 Å². The first-order chi connectivity index (χ1) is 7.41. The van der Waals surface area contributed by atoms with E-state index in [1.165, 1.54) is 7.05 Å². The minimum atomic E-state index is -2.63. The van der Waals surface area contributed by atoms with Gasteiger partial charge in [0.25, 0.3) is 6.43 Å². The van der Waals surface area contributed by atoms with E-state index in [1.54, 1.807) is 0 Å². The number of hydrogen-bond acceptors (Lipinski definition) is 5. The molecule has 0 radical (unpaired) electrons. The quantitative estimate of drug-likeness (QED) is 0.464. The summed E-state index contributed by atoms with van der Waals surface area (Å²) >= 11 is 5.44. The van der Waals surface area contributed by atoms with E-state index < -0.39 is 23.6 Å². The van der Waals surface area contributed by atoms with Crippen molar-refractivity contribution in [1.82, 2.24) is 9.97 Å². The molecule has 0 amide bonds. The molecule has 0 spiro atoms. The summed E-state index contributed by atoms with van der Waals surface area (Å²) in [5.74, 6) is -0.231. The van der Waals surface area contributed by atoms with Gasteiger partial charge < -0.3 is 4.90 Å². The van der Waals surface area contributed by atoms with Crippen molar-refractivity contribution in [2.75, 3.05) is 18.5 Å². The van der Waals surface area contributed by atoms with Crippen molar-refractivity contribution < 1.29 is 13.7 Å². The van der Waals surface area contributed by atoms with E-state index in [-0.39, 0.29) is 11.1 Å². The Bertz CT molecular complexity index is 404. The van der Waals surface area contributed by atoms with Crippen LogP contribution in [0.1, 0.15) is 0 Å². The van der Waals surface area contributed by atoms with Crippen molar-refractivity contribution >= 4 is 23.1 Å². The van der Waals surface area contributed by atoms with Crippen LogP contribution in [0.4, 0.5) is 20.3 Å². The number of nitro groups is 1. The molecule has 0 saturated carbocycles. The lowest BCUT2D eigenvalue weighted by molar-refractivity contribution is -0.384. The molecular weight excluding hydrogens is 246 g/mol. The van der Waals surface area contributed by atoms with Gasteiger partial charge in [-0.3, -0.25) is 10.1 Å². The molecule has 0 aromatic carbocycles. The van der Waals surface area contributed by atoms with Crippen LogP contribution >= 0.6 is 11.6 Å². The first-order valence-corrected chi connectivity index (χ1v) is 4.46. The average molecular weight is 253 g/mol. The van der Waals surface area contributed by atoms with Gasteiger partial charge in [-0.05, 0) is 11.6 Å². The molecule has 6 nitrogen and oxygen atoms in total. The van der Waals surface area contributed by atoms with E-state index in [0.717, 1.165) is 11.1 Å². The maximum atomic E-state index is 12.1. The third-order valence-electron chi connectivity index (χ3n) is 1.69. The molecule has 0 aliphatic carbocycles. The van der Waals surface area contributed by atoms with Crippen molar-refractivity contribution in [3.05, 3.63) is 21.6 Å². The predicted octanol–water partition coefficient (Wildman–Crippen LogP) is 1.74.